The zero-order valence-electron chi connectivity index (χ0n) is 20.4. The van der Waals surface area contributed by atoms with Gasteiger partial charge in [-0.05, 0) is 48.6 Å². The van der Waals surface area contributed by atoms with E-state index in [0.717, 1.165) is 22.2 Å². The minimum absolute atomic E-state index is 0.00874. The van der Waals surface area contributed by atoms with Gasteiger partial charge in [0.1, 0.15) is 0 Å². The molecule has 36 heavy (non-hydrogen) atoms. The van der Waals surface area contributed by atoms with Crippen LogP contribution in [0.2, 0.25) is 0 Å². The van der Waals surface area contributed by atoms with E-state index in [1.165, 1.54) is 39.2 Å². The van der Waals surface area contributed by atoms with E-state index < -0.39 is 5.97 Å². The predicted octanol–water partition coefficient (Wildman–Crippen LogP) is 6.41. The highest BCUT2D eigenvalue weighted by molar-refractivity contribution is 6.22. The Labute approximate surface area is 210 Å². The number of hydrogen-bond donors (Lipinski definition) is 3. The summed E-state index contributed by atoms with van der Waals surface area (Å²) in [6.07, 6.45) is 6.21. The third kappa shape index (κ3) is 4.77. The van der Waals surface area contributed by atoms with Gasteiger partial charge in [0.15, 0.2) is 5.88 Å². The lowest BCUT2D eigenvalue weighted by atomic mass is 9.81. The van der Waals surface area contributed by atoms with Crippen molar-refractivity contribution in [2.45, 2.75) is 38.1 Å². The number of rotatable bonds is 6. The number of hydrogen-bond acceptors (Lipinski definition) is 5. The molecule has 0 saturated heterocycles. The minimum atomic E-state index is -0.434. The summed E-state index contributed by atoms with van der Waals surface area (Å²) < 4.78 is 4.84. The van der Waals surface area contributed by atoms with Crippen molar-refractivity contribution in [1.82, 2.24) is 4.98 Å². The molecule has 0 bridgehead atoms. The summed E-state index contributed by atoms with van der Waals surface area (Å²) in [5, 5.41) is 11.7. The van der Waals surface area contributed by atoms with Gasteiger partial charge < -0.3 is 20.6 Å². The Morgan fingerprint density at radius 3 is 2.42 bits per heavy atom. The SMILES string of the molecule is COC(=O)c1ccc2c(C(=Nc3ccc(C(N)C4CCCCC4)cc3)c3ccccc3)c(O)[nH]c2c1. The first-order chi connectivity index (χ1) is 17.5. The van der Waals surface area contributed by atoms with E-state index in [-0.39, 0.29) is 11.9 Å². The van der Waals surface area contributed by atoms with Gasteiger partial charge in [-0.15, -0.1) is 0 Å². The van der Waals surface area contributed by atoms with E-state index in [9.17, 15) is 9.90 Å². The Morgan fingerprint density at radius 1 is 1.00 bits per heavy atom. The molecule has 0 spiro atoms. The third-order valence-corrected chi connectivity index (χ3v) is 7.16. The largest absolute Gasteiger partial charge is 0.494 e. The van der Waals surface area contributed by atoms with E-state index in [0.29, 0.717) is 28.3 Å². The number of carbonyl (C=O) groups excluding carboxylic acids is 1. The molecular weight excluding hydrogens is 450 g/mol. The van der Waals surface area contributed by atoms with Crippen molar-refractivity contribution in [3.05, 3.63) is 95.1 Å². The molecule has 1 aliphatic carbocycles. The highest BCUT2D eigenvalue weighted by atomic mass is 16.5. The van der Waals surface area contributed by atoms with Gasteiger partial charge in [-0.25, -0.2) is 9.79 Å². The van der Waals surface area contributed by atoms with Gasteiger partial charge in [0.25, 0.3) is 0 Å². The van der Waals surface area contributed by atoms with Crippen molar-refractivity contribution in [2.24, 2.45) is 16.6 Å². The van der Waals surface area contributed by atoms with Crippen LogP contribution < -0.4 is 5.73 Å². The van der Waals surface area contributed by atoms with Gasteiger partial charge in [-0.1, -0.05) is 67.8 Å². The average Bonchev–Trinajstić information content (AvgIpc) is 3.26. The number of fused-ring (bicyclic) bond motifs is 1. The zero-order chi connectivity index (χ0) is 25.1. The first-order valence-electron chi connectivity index (χ1n) is 12.5. The summed E-state index contributed by atoms with van der Waals surface area (Å²) in [7, 11) is 1.34. The molecule has 4 N–H and O–H groups in total. The van der Waals surface area contributed by atoms with Crippen LogP contribution in [0, 0.1) is 5.92 Å². The van der Waals surface area contributed by atoms with E-state index in [4.69, 9.17) is 15.5 Å². The molecule has 1 fully saturated rings. The number of carbonyl (C=O) groups is 1. The molecule has 4 aromatic rings. The quantitative estimate of drug-likeness (QED) is 0.219. The number of nitrogens with two attached hydrogens (primary N) is 1. The molecule has 184 valence electrons. The third-order valence-electron chi connectivity index (χ3n) is 7.16. The number of aliphatic imine (C=N–C) groups is 1. The summed E-state index contributed by atoms with van der Waals surface area (Å²) in [4.78, 5) is 20.0. The number of H-pyrrole nitrogens is 1. The van der Waals surface area contributed by atoms with Crippen LogP contribution >= 0.6 is 0 Å². The average molecular weight is 482 g/mol. The van der Waals surface area contributed by atoms with Crippen molar-refractivity contribution in [1.29, 1.82) is 0 Å². The number of nitrogens with zero attached hydrogens (tertiary/aromatic N) is 1. The Bertz CT molecular complexity index is 1380. The fourth-order valence-electron chi connectivity index (χ4n) is 5.19. The molecule has 6 heteroatoms. The van der Waals surface area contributed by atoms with Crippen LogP contribution in [0.25, 0.3) is 10.9 Å². The second kappa shape index (κ2) is 10.4. The van der Waals surface area contributed by atoms with Crippen LogP contribution in [-0.2, 0) is 4.74 Å². The maximum atomic E-state index is 12.0. The summed E-state index contributed by atoms with van der Waals surface area (Å²) in [5.41, 5.74) is 11.6. The van der Waals surface area contributed by atoms with Crippen LogP contribution in [0.1, 0.15) is 65.2 Å². The van der Waals surface area contributed by atoms with Crippen LogP contribution in [-0.4, -0.2) is 28.9 Å². The molecule has 1 atom stereocenters. The number of esters is 1. The Morgan fingerprint density at radius 2 is 1.72 bits per heavy atom. The van der Waals surface area contributed by atoms with Crippen LogP contribution in [0.5, 0.6) is 5.88 Å². The van der Waals surface area contributed by atoms with Crippen molar-refractivity contribution >= 4 is 28.3 Å². The maximum Gasteiger partial charge on any atom is 0.337 e. The van der Waals surface area contributed by atoms with Crippen molar-refractivity contribution in [3.8, 4) is 5.88 Å². The highest BCUT2D eigenvalue weighted by Gasteiger charge is 2.22. The fraction of sp³-hybridized carbons (Fsp3) is 0.267. The Hall–Kier alpha value is -3.90. The molecule has 1 unspecified atom stereocenters. The van der Waals surface area contributed by atoms with Crippen LogP contribution in [0.4, 0.5) is 5.69 Å². The zero-order valence-corrected chi connectivity index (χ0v) is 20.4. The van der Waals surface area contributed by atoms with E-state index in [1.807, 2.05) is 42.5 Å². The smallest absolute Gasteiger partial charge is 0.337 e. The maximum absolute atomic E-state index is 12.0. The molecule has 0 aliphatic heterocycles. The Balaban J connectivity index is 1.55. The van der Waals surface area contributed by atoms with Gasteiger partial charge in [-0.2, -0.15) is 0 Å². The predicted molar refractivity (Wildman–Crippen MR) is 143 cm³/mol. The molecule has 5 rings (SSSR count). The number of aromatic hydroxyl groups is 1. The lowest BCUT2D eigenvalue weighted by Crippen LogP contribution is -2.23. The minimum Gasteiger partial charge on any atom is -0.494 e. The van der Waals surface area contributed by atoms with Crippen molar-refractivity contribution < 1.29 is 14.6 Å². The number of nitrogens with one attached hydrogen (secondary N) is 1. The topological polar surface area (TPSA) is 101 Å². The van der Waals surface area contributed by atoms with Crippen LogP contribution in [0.15, 0.2) is 77.8 Å². The highest BCUT2D eigenvalue weighted by Crippen LogP contribution is 2.35. The van der Waals surface area contributed by atoms with Gasteiger partial charge in [0.2, 0.25) is 0 Å². The Kier molecular flexibility index (Phi) is 6.87. The van der Waals surface area contributed by atoms with Gasteiger partial charge in [-0.3, -0.25) is 0 Å². The summed E-state index contributed by atoms with van der Waals surface area (Å²) in [6, 6.07) is 23.1. The standard InChI is InChI=1S/C30H31N3O3/c1-36-30(35)22-14-17-24-25(18-22)33-29(34)26(24)28(21-10-6-3-7-11-21)32-23-15-12-20(13-16-23)27(31)19-8-4-2-5-9-19/h3,6-7,10-19,27,33-34H,2,4-5,8-9,31H2,1H3. The normalized spacial score (nSPS) is 15.7. The van der Waals surface area contributed by atoms with Gasteiger partial charge in [0, 0.05) is 22.5 Å². The summed E-state index contributed by atoms with van der Waals surface area (Å²) in [5.74, 6) is 0.0904. The molecule has 1 heterocycles. The number of ether oxygens (including phenoxy) is 1. The molecular formula is C30H31N3O3. The van der Waals surface area contributed by atoms with E-state index in [1.54, 1.807) is 18.2 Å². The molecule has 1 aliphatic rings. The lowest BCUT2D eigenvalue weighted by molar-refractivity contribution is 0.0601. The first-order valence-corrected chi connectivity index (χ1v) is 12.5. The summed E-state index contributed by atoms with van der Waals surface area (Å²) >= 11 is 0. The van der Waals surface area contributed by atoms with E-state index in [2.05, 4.69) is 17.1 Å². The van der Waals surface area contributed by atoms with Crippen molar-refractivity contribution in [2.75, 3.05) is 7.11 Å². The lowest BCUT2D eigenvalue weighted by Gasteiger charge is -2.27. The molecule has 1 saturated carbocycles. The monoisotopic (exact) mass is 481 g/mol. The molecule has 1 aromatic heterocycles. The number of aromatic nitrogens is 1. The van der Waals surface area contributed by atoms with Gasteiger partial charge in [0.05, 0.1) is 29.6 Å². The second-order valence-electron chi connectivity index (χ2n) is 9.44. The summed E-state index contributed by atoms with van der Waals surface area (Å²) in [6.45, 7) is 0. The second-order valence-corrected chi connectivity index (χ2v) is 9.44. The van der Waals surface area contributed by atoms with E-state index >= 15 is 0 Å². The molecule has 0 amide bonds. The number of methoxy groups -OCH3 is 1. The first kappa shape index (κ1) is 23.8. The molecule has 6 nitrogen and oxygen atoms in total. The molecule has 0 radical (unpaired) electrons. The number of aromatic amines is 1. The molecule has 3 aromatic carbocycles. The van der Waals surface area contributed by atoms with Crippen LogP contribution in [0.3, 0.4) is 0 Å². The number of benzene rings is 3. The fourth-order valence-corrected chi connectivity index (χ4v) is 5.19. The van der Waals surface area contributed by atoms with Gasteiger partial charge >= 0.3 is 5.97 Å². The van der Waals surface area contributed by atoms with Crippen molar-refractivity contribution in [3.63, 3.8) is 0 Å².